The number of nitrogens with zero attached hydrogens (tertiary/aromatic N) is 2. The van der Waals surface area contributed by atoms with Gasteiger partial charge >= 0.3 is 0 Å². The van der Waals surface area contributed by atoms with Crippen molar-refractivity contribution >= 4 is 33.2 Å². The minimum absolute atomic E-state index is 0.423. The molecule has 0 N–H and O–H groups in total. The van der Waals surface area contributed by atoms with E-state index in [-0.39, 0.29) is 0 Å². The highest BCUT2D eigenvalue weighted by Crippen LogP contribution is 2.48. The Labute approximate surface area is 287 Å². The van der Waals surface area contributed by atoms with E-state index in [9.17, 15) is 0 Å². The maximum absolute atomic E-state index is 2.53. The van der Waals surface area contributed by atoms with Gasteiger partial charge in [0.05, 0.1) is 11.0 Å². The summed E-state index contributed by atoms with van der Waals surface area (Å²) in [7, 11) is 0. The van der Waals surface area contributed by atoms with Gasteiger partial charge in [-0.1, -0.05) is 139 Å². The maximum atomic E-state index is 2.53. The van der Waals surface area contributed by atoms with Gasteiger partial charge in [0, 0.05) is 39.8 Å². The zero-order valence-electron chi connectivity index (χ0n) is 29.5. The Morgan fingerprint density at radius 3 is 1.50 bits per heavy atom. The van der Waals surface area contributed by atoms with Gasteiger partial charge in [0.1, 0.15) is 0 Å². The molecular weight excluding hydrogens is 581 g/mol. The van der Waals surface area contributed by atoms with Crippen molar-refractivity contribution in [2.75, 3.05) is 4.90 Å². The summed E-state index contributed by atoms with van der Waals surface area (Å²) in [6, 6.07) is 53.7. The predicted molar refractivity (Wildman–Crippen MR) is 210 cm³/mol. The van der Waals surface area contributed by atoms with Gasteiger partial charge in [-0.05, 0) is 89.2 Å². The SMILES string of the molecule is CC.CC.CC(C)C1c2ccccc2N(c2ccc(-c3cccc(-c4ccc(-n5c6ccccc6c6ccccc65)cc4)c3)cc2)C1C. The van der Waals surface area contributed by atoms with E-state index >= 15 is 0 Å². The largest absolute Gasteiger partial charge is 0.338 e. The van der Waals surface area contributed by atoms with Crippen molar-refractivity contribution in [2.24, 2.45) is 5.92 Å². The molecule has 1 aliphatic heterocycles. The number of fused-ring (bicyclic) bond motifs is 4. The summed E-state index contributed by atoms with van der Waals surface area (Å²) in [4.78, 5) is 2.53. The highest BCUT2D eigenvalue weighted by molar-refractivity contribution is 6.09. The van der Waals surface area contributed by atoms with Crippen LogP contribution in [0.2, 0.25) is 0 Å². The average molecular weight is 629 g/mol. The summed E-state index contributed by atoms with van der Waals surface area (Å²) in [6.07, 6.45) is 0. The molecule has 242 valence electrons. The Hall–Kier alpha value is -5.08. The molecule has 0 bridgehead atoms. The van der Waals surface area contributed by atoms with Gasteiger partial charge < -0.3 is 9.47 Å². The minimum atomic E-state index is 0.423. The van der Waals surface area contributed by atoms with E-state index in [4.69, 9.17) is 0 Å². The lowest BCUT2D eigenvalue weighted by molar-refractivity contribution is 0.456. The average Bonchev–Trinajstić information content (AvgIpc) is 3.65. The smallest absolute Gasteiger partial charge is 0.0541 e. The first-order chi connectivity index (χ1) is 23.6. The van der Waals surface area contributed by atoms with Gasteiger partial charge in [-0.2, -0.15) is 0 Å². The Kier molecular flexibility index (Phi) is 9.82. The van der Waals surface area contributed by atoms with Gasteiger partial charge in [-0.25, -0.2) is 0 Å². The summed E-state index contributed by atoms with van der Waals surface area (Å²) in [6.45, 7) is 15.1. The molecule has 0 radical (unpaired) electrons. The van der Waals surface area contributed by atoms with Gasteiger partial charge in [-0.3, -0.25) is 0 Å². The molecule has 6 aromatic carbocycles. The molecule has 1 aliphatic rings. The minimum Gasteiger partial charge on any atom is -0.338 e. The zero-order valence-corrected chi connectivity index (χ0v) is 29.5. The number of anilines is 2. The number of rotatable bonds is 5. The molecule has 7 aromatic rings. The number of hydrogen-bond acceptors (Lipinski definition) is 1. The van der Waals surface area contributed by atoms with E-state index < -0.39 is 0 Å². The standard InChI is InChI=1S/C42H36N2.2C2H6/c1-28(2)42-29(3)43(41-18-9-6-15-38(41)42)34-23-19-30(20-24-34)32-11-10-12-33(27-32)31-21-25-35(26-22-31)44-39-16-7-4-13-36(39)37-14-5-8-17-40(37)44;2*1-2/h4-29,42H,1-3H3;2*1-2H3. The molecule has 1 aromatic heterocycles. The van der Waals surface area contributed by atoms with Crippen LogP contribution in [0.25, 0.3) is 49.7 Å². The van der Waals surface area contributed by atoms with Crippen LogP contribution in [0.5, 0.6) is 0 Å². The number of aromatic nitrogens is 1. The van der Waals surface area contributed by atoms with Gasteiger partial charge in [0.2, 0.25) is 0 Å². The Morgan fingerprint density at radius 2 is 0.958 bits per heavy atom. The van der Waals surface area contributed by atoms with Crippen molar-refractivity contribution in [3.63, 3.8) is 0 Å². The van der Waals surface area contributed by atoms with Crippen LogP contribution >= 0.6 is 0 Å². The fourth-order valence-corrected chi connectivity index (χ4v) is 7.62. The molecule has 0 spiro atoms. The Balaban J connectivity index is 0.000000969. The molecule has 0 fully saturated rings. The van der Waals surface area contributed by atoms with Crippen molar-refractivity contribution in [1.82, 2.24) is 4.57 Å². The van der Waals surface area contributed by atoms with Crippen molar-refractivity contribution in [3.8, 4) is 27.9 Å². The third-order valence-electron chi connectivity index (χ3n) is 9.58. The van der Waals surface area contributed by atoms with Crippen LogP contribution < -0.4 is 4.90 Å². The molecule has 2 unspecified atom stereocenters. The van der Waals surface area contributed by atoms with Gasteiger partial charge in [0.15, 0.2) is 0 Å². The van der Waals surface area contributed by atoms with Crippen LogP contribution in [0.4, 0.5) is 11.4 Å². The van der Waals surface area contributed by atoms with E-state index in [0.717, 1.165) is 0 Å². The molecule has 8 rings (SSSR count). The molecule has 0 saturated carbocycles. The van der Waals surface area contributed by atoms with Crippen LogP contribution in [0.15, 0.2) is 146 Å². The molecule has 2 nitrogen and oxygen atoms in total. The van der Waals surface area contributed by atoms with E-state index in [2.05, 4.69) is 176 Å². The third kappa shape index (κ3) is 5.81. The molecule has 0 aliphatic carbocycles. The second kappa shape index (κ2) is 14.4. The number of para-hydroxylation sites is 3. The molecular formula is C46H48N2. The molecule has 0 amide bonds. The summed E-state index contributed by atoms with van der Waals surface area (Å²) in [5, 5.41) is 2.57. The summed E-state index contributed by atoms with van der Waals surface area (Å²) < 4.78 is 2.37. The van der Waals surface area contributed by atoms with Crippen molar-refractivity contribution in [3.05, 3.63) is 151 Å². The second-order valence-corrected chi connectivity index (χ2v) is 12.5. The lowest BCUT2D eigenvalue weighted by Crippen LogP contribution is -2.29. The fourth-order valence-electron chi connectivity index (χ4n) is 7.62. The molecule has 0 saturated heterocycles. The maximum Gasteiger partial charge on any atom is 0.0541 e. The van der Waals surface area contributed by atoms with Crippen molar-refractivity contribution in [1.29, 1.82) is 0 Å². The van der Waals surface area contributed by atoms with Crippen LogP contribution in [-0.2, 0) is 0 Å². The second-order valence-electron chi connectivity index (χ2n) is 12.5. The molecule has 48 heavy (non-hydrogen) atoms. The number of benzene rings is 6. The molecule has 2 atom stereocenters. The lowest BCUT2D eigenvalue weighted by Gasteiger charge is -2.29. The monoisotopic (exact) mass is 628 g/mol. The zero-order chi connectivity index (χ0) is 33.8. The first-order valence-corrected chi connectivity index (χ1v) is 17.8. The predicted octanol–water partition coefficient (Wildman–Crippen LogP) is 13.4. The Morgan fingerprint density at radius 1 is 0.479 bits per heavy atom. The van der Waals surface area contributed by atoms with E-state index in [0.29, 0.717) is 17.9 Å². The van der Waals surface area contributed by atoms with Crippen molar-refractivity contribution in [2.45, 2.75) is 60.4 Å². The topological polar surface area (TPSA) is 8.17 Å². The summed E-state index contributed by atoms with van der Waals surface area (Å²) in [5.74, 6) is 1.12. The summed E-state index contributed by atoms with van der Waals surface area (Å²) in [5.41, 5.74) is 12.6. The highest BCUT2D eigenvalue weighted by atomic mass is 15.2. The first kappa shape index (κ1) is 32.8. The molecule has 2 heterocycles. The molecule has 2 heteroatoms. The lowest BCUT2D eigenvalue weighted by atomic mass is 9.86. The highest BCUT2D eigenvalue weighted by Gasteiger charge is 2.37. The normalized spacial score (nSPS) is 15.1. The first-order valence-electron chi connectivity index (χ1n) is 17.8. The van der Waals surface area contributed by atoms with Gasteiger partial charge in [0.25, 0.3) is 0 Å². The fraction of sp³-hybridized carbons (Fsp3) is 0.217. The van der Waals surface area contributed by atoms with E-state index in [1.807, 2.05) is 27.7 Å². The third-order valence-corrected chi connectivity index (χ3v) is 9.58. The van der Waals surface area contributed by atoms with E-state index in [1.54, 1.807) is 0 Å². The van der Waals surface area contributed by atoms with Crippen LogP contribution in [0.3, 0.4) is 0 Å². The van der Waals surface area contributed by atoms with Crippen molar-refractivity contribution < 1.29 is 0 Å². The summed E-state index contributed by atoms with van der Waals surface area (Å²) >= 11 is 0. The van der Waals surface area contributed by atoms with E-state index in [1.165, 1.54) is 66.7 Å². The number of hydrogen-bond donors (Lipinski definition) is 0. The van der Waals surface area contributed by atoms with Crippen LogP contribution in [-0.4, -0.2) is 10.6 Å². The van der Waals surface area contributed by atoms with Crippen LogP contribution in [0, 0.1) is 5.92 Å². The quantitative estimate of drug-likeness (QED) is 0.184. The van der Waals surface area contributed by atoms with Crippen LogP contribution in [0.1, 0.15) is 59.9 Å². The van der Waals surface area contributed by atoms with Gasteiger partial charge in [-0.15, -0.1) is 0 Å². The Bertz CT molecular complexity index is 2060.